The molecule has 0 unspecified atom stereocenters. The Morgan fingerprint density at radius 3 is 2.11 bits per heavy atom. The zero-order valence-electron chi connectivity index (χ0n) is 21.9. The van der Waals surface area contributed by atoms with E-state index in [1.165, 1.54) is 6.42 Å². The molecular formula is C25H49N7O3S. The van der Waals surface area contributed by atoms with Crippen LogP contribution in [0.1, 0.15) is 70.6 Å². The van der Waals surface area contributed by atoms with E-state index in [1.807, 2.05) is 11.8 Å². The van der Waals surface area contributed by atoms with Gasteiger partial charge in [0.1, 0.15) is 0 Å². The van der Waals surface area contributed by atoms with E-state index in [4.69, 9.17) is 5.73 Å². The molecule has 2 fully saturated rings. The van der Waals surface area contributed by atoms with E-state index in [1.54, 1.807) is 0 Å². The van der Waals surface area contributed by atoms with Crippen molar-refractivity contribution in [3.05, 3.63) is 0 Å². The summed E-state index contributed by atoms with van der Waals surface area (Å²) < 4.78 is 0. The summed E-state index contributed by atoms with van der Waals surface area (Å²) in [7, 11) is 0. The van der Waals surface area contributed by atoms with Crippen molar-refractivity contribution in [3.8, 4) is 0 Å². The Labute approximate surface area is 221 Å². The highest BCUT2D eigenvalue weighted by Crippen LogP contribution is 2.32. The molecule has 0 radical (unpaired) electrons. The summed E-state index contributed by atoms with van der Waals surface area (Å²) in [5.41, 5.74) is 5.46. The molecule has 0 bridgehead atoms. The number of fused-ring (bicyclic) bond motifs is 1. The third kappa shape index (κ3) is 13.7. The Balaban J connectivity index is 1.30. The van der Waals surface area contributed by atoms with Crippen molar-refractivity contribution in [2.45, 2.75) is 88.0 Å². The van der Waals surface area contributed by atoms with E-state index >= 15 is 0 Å². The average molecular weight is 528 g/mol. The first-order chi connectivity index (χ1) is 17.6. The first-order valence-electron chi connectivity index (χ1n) is 13.9. The van der Waals surface area contributed by atoms with Gasteiger partial charge in [0.05, 0.1) is 12.1 Å². The maximum absolute atomic E-state index is 12.1. The average Bonchev–Trinajstić information content (AvgIpc) is 3.41. The molecule has 0 aromatic rings. The quantitative estimate of drug-likeness (QED) is 0.0814. The van der Waals surface area contributed by atoms with Crippen LogP contribution < -0.4 is 37.6 Å². The fraction of sp³-hybridized carbons (Fsp3) is 0.880. The van der Waals surface area contributed by atoms with Crippen LogP contribution in [0.5, 0.6) is 0 Å². The zero-order chi connectivity index (χ0) is 25.8. The molecule has 2 rings (SSSR count). The summed E-state index contributed by atoms with van der Waals surface area (Å²) in [4.78, 5) is 35.4. The summed E-state index contributed by atoms with van der Waals surface area (Å²) >= 11 is 1.88. The van der Waals surface area contributed by atoms with Gasteiger partial charge in [-0.2, -0.15) is 11.8 Å². The van der Waals surface area contributed by atoms with Crippen LogP contribution in [0.4, 0.5) is 4.79 Å². The standard InChI is InChI=1S/C25H49N7O3S/c26-12-7-15-27-13-4-5-14-28-16-8-18-30-22(33)10-2-1-3-17-29-23(34)11-6-9-21-24-20(19-36-21)31-25(35)32-24/h20-21,24,27-28H,1-19,26H2,(H,29,34)(H,30,33)(H2,31,32,35)/t20-,21-,24-/m0/s1. The van der Waals surface area contributed by atoms with Gasteiger partial charge in [0, 0.05) is 36.9 Å². The third-order valence-electron chi connectivity index (χ3n) is 6.60. The smallest absolute Gasteiger partial charge is 0.315 e. The number of thioether (sulfide) groups is 1. The molecule has 0 spiro atoms. The Morgan fingerprint density at radius 1 is 0.778 bits per heavy atom. The molecule has 0 aromatic carbocycles. The Morgan fingerprint density at radius 2 is 1.39 bits per heavy atom. The highest BCUT2D eigenvalue weighted by Gasteiger charge is 2.42. The topological polar surface area (TPSA) is 149 Å². The van der Waals surface area contributed by atoms with E-state index in [9.17, 15) is 14.4 Å². The van der Waals surface area contributed by atoms with E-state index in [0.717, 1.165) is 89.8 Å². The maximum Gasteiger partial charge on any atom is 0.315 e. The second-order valence-corrected chi connectivity index (χ2v) is 11.0. The van der Waals surface area contributed by atoms with Crippen molar-refractivity contribution >= 4 is 29.6 Å². The van der Waals surface area contributed by atoms with Gasteiger partial charge in [-0.05, 0) is 84.1 Å². The molecule has 2 heterocycles. The minimum absolute atomic E-state index is 0.0668. The van der Waals surface area contributed by atoms with Crippen molar-refractivity contribution in [1.29, 1.82) is 0 Å². The van der Waals surface area contributed by atoms with Gasteiger partial charge >= 0.3 is 6.03 Å². The minimum Gasteiger partial charge on any atom is -0.356 e. The number of carbonyl (C=O) groups excluding carboxylic acids is 3. The molecular weight excluding hydrogens is 478 g/mol. The molecule has 0 aliphatic carbocycles. The molecule has 4 amide bonds. The predicted octanol–water partition coefficient (Wildman–Crippen LogP) is 0.813. The largest absolute Gasteiger partial charge is 0.356 e. The van der Waals surface area contributed by atoms with E-state index in [2.05, 4.69) is 31.9 Å². The number of hydrogen-bond acceptors (Lipinski definition) is 7. The lowest BCUT2D eigenvalue weighted by atomic mass is 10.0. The highest BCUT2D eigenvalue weighted by atomic mass is 32.2. The van der Waals surface area contributed by atoms with Gasteiger partial charge in [0.15, 0.2) is 0 Å². The lowest BCUT2D eigenvalue weighted by molar-refractivity contribution is -0.122. The fourth-order valence-electron chi connectivity index (χ4n) is 4.52. The fourth-order valence-corrected chi connectivity index (χ4v) is 6.06. The van der Waals surface area contributed by atoms with Gasteiger partial charge in [-0.1, -0.05) is 6.42 Å². The number of carbonyl (C=O) groups is 3. The molecule has 8 N–H and O–H groups in total. The van der Waals surface area contributed by atoms with Crippen LogP contribution in [-0.2, 0) is 9.59 Å². The number of hydrogen-bond donors (Lipinski definition) is 7. The van der Waals surface area contributed by atoms with Crippen LogP contribution in [0, 0.1) is 0 Å². The molecule has 208 valence electrons. The molecule has 11 heteroatoms. The first kappa shape index (κ1) is 30.7. The van der Waals surface area contributed by atoms with Gasteiger partial charge in [-0.3, -0.25) is 9.59 Å². The van der Waals surface area contributed by atoms with E-state index in [0.29, 0.717) is 31.2 Å². The number of urea groups is 1. The van der Waals surface area contributed by atoms with Crippen LogP contribution in [0.15, 0.2) is 0 Å². The lowest BCUT2D eigenvalue weighted by Gasteiger charge is -2.16. The Hall–Kier alpha value is -1.56. The SMILES string of the molecule is NCCCNCCCCNCCCNC(=O)CCCCCNC(=O)CCC[C@@H]1SC[C@@H]2NC(=O)N[C@@H]21. The Bertz CT molecular complexity index is 641. The van der Waals surface area contributed by atoms with Crippen molar-refractivity contribution < 1.29 is 14.4 Å². The molecule has 36 heavy (non-hydrogen) atoms. The second-order valence-electron chi connectivity index (χ2n) is 9.73. The summed E-state index contributed by atoms with van der Waals surface area (Å²) in [6, 6.07) is 0.373. The van der Waals surface area contributed by atoms with Crippen LogP contribution in [0.3, 0.4) is 0 Å². The number of rotatable bonds is 22. The molecule has 2 saturated heterocycles. The zero-order valence-corrected chi connectivity index (χ0v) is 22.7. The molecule has 3 atom stereocenters. The third-order valence-corrected chi connectivity index (χ3v) is 8.11. The van der Waals surface area contributed by atoms with Gasteiger partial charge in [-0.15, -0.1) is 0 Å². The Kier molecular flexibility index (Phi) is 16.6. The van der Waals surface area contributed by atoms with Crippen molar-refractivity contribution in [2.24, 2.45) is 5.73 Å². The first-order valence-corrected chi connectivity index (χ1v) is 15.0. The van der Waals surface area contributed by atoms with Crippen molar-refractivity contribution in [3.63, 3.8) is 0 Å². The van der Waals surface area contributed by atoms with Crippen LogP contribution in [0.2, 0.25) is 0 Å². The lowest BCUT2D eigenvalue weighted by Crippen LogP contribution is -2.37. The number of nitrogens with one attached hydrogen (secondary N) is 6. The maximum atomic E-state index is 12.1. The normalized spacial score (nSPS) is 20.6. The predicted molar refractivity (Wildman–Crippen MR) is 147 cm³/mol. The van der Waals surface area contributed by atoms with Crippen LogP contribution in [0.25, 0.3) is 0 Å². The summed E-state index contributed by atoms with van der Waals surface area (Å²) in [5.74, 6) is 1.15. The van der Waals surface area contributed by atoms with E-state index in [-0.39, 0.29) is 29.9 Å². The molecule has 0 aromatic heterocycles. The monoisotopic (exact) mass is 527 g/mol. The molecule has 2 aliphatic heterocycles. The molecule has 2 aliphatic rings. The minimum atomic E-state index is -0.0668. The summed E-state index contributed by atoms with van der Waals surface area (Å²) in [6.45, 7) is 6.12. The number of unbranched alkanes of at least 4 members (excludes halogenated alkanes) is 3. The highest BCUT2D eigenvalue weighted by molar-refractivity contribution is 8.00. The van der Waals surface area contributed by atoms with Gasteiger partial charge in [0.25, 0.3) is 0 Å². The van der Waals surface area contributed by atoms with Gasteiger partial charge < -0.3 is 37.6 Å². The summed E-state index contributed by atoms with van der Waals surface area (Å²) in [6.07, 6.45) is 9.83. The van der Waals surface area contributed by atoms with Gasteiger partial charge in [0.2, 0.25) is 11.8 Å². The molecule has 10 nitrogen and oxygen atoms in total. The van der Waals surface area contributed by atoms with Crippen LogP contribution in [-0.4, -0.2) is 86.7 Å². The summed E-state index contributed by atoms with van der Waals surface area (Å²) in [5, 5.41) is 19.1. The van der Waals surface area contributed by atoms with Gasteiger partial charge in [-0.25, -0.2) is 4.79 Å². The number of nitrogens with two attached hydrogens (primary N) is 1. The van der Waals surface area contributed by atoms with E-state index < -0.39 is 0 Å². The number of amides is 4. The van der Waals surface area contributed by atoms with Crippen molar-refractivity contribution in [2.75, 3.05) is 51.6 Å². The van der Waals surface area contributed by atoms with Crippen LogP contribution >= 0.6 is 11.8 Å². The second kappa shape index (κ2) is 19.5. The van der Waals surface area contributed by atoms with Crippen molar-refractivity contribution in [1.82, 2.24) is 31.9 Å². The molecule has 0 saturated carbocycles.